The minimum atomic E-state index is -3.09. The van der Waals surface area contributed by atoms with Gasteiger partial charge >= 0.3 is 0 Å². The lowest BCUT2D eigenvalue weighted by Gasteiger charge is -2.23. The predicted octanol–water partition coefficient (Wildman–Crippen LogP) is 2.12. The zero-order valence-electron chi connectivity index (χ0n) is 13.8. The summed E-state index contributed by atoms with van der Waals surface area (Å²) in [4.78, 5) is 16.7. The molecule has 7 heteroatoms. The van der Waals surface area contributed by atoms with Crippen LogP contribution in [0.1, 0.15) is 35.0 Å². The third-order valence-electron chi connectivity index (χ3n) is 4.30. The van der Waals surface area contributed by atoms with Gasteiger partial charge in [0.1, 0.15) is 5.82 Å². The molecule has 2 aromatic rings. The number of pyridine rings is 1. The summed E-state index contributed by atoms with van der Waals surface area (Å²) in [6, 6.07) is 9.38. The Morgan fingerprint density at radius 2 is 2.00 bits per heavy atom. The van der Waals surface area contributed by atoms with Crippen molar-refractivity contribution in [3.8, 4) is 0 Å². The van der Waals surface area contributed by atoms with Crippen LogP contribution in [-0.2, 0) is 16.3 Å². The smallest absolute Gasteiger partial charge is 0.251 e. The number of benzene rings is 1. The molecule has 0 saturated carbocycles. The SMILES string of the molecule is C[C@@]1(NC(=O)c2ccnc(Cc3ccc(F)cc3)c2)CCS(=O)(=O)C1. The Labute approximate surface area is 146 Å². The van der Waals surface area contributed by atoms with E-state index in [0.29, 0.717) is 24.1 Å². The molecule has 132 valence electrons. The van der Waals surface area contributed by atoms with E-state index in [0.717, 1.165) is 5.56 Å². The van der Waals surface area contributed by atoms with E-state index in [4.69, 9.17) is 0 Å². The minimum absolute atomic E-state index is 0.0424. The molecule has 1 atom stereocenters. The van der Waals surface area contributed by atoms with Crippen LogP contribution < -0.4 is 5.32 Å². The second-order valence-electron chi connectivity index (χ2n) is 6.70. The minimum Gasteiger partial charge on any atom is -0.346 e. The van der Waals surface area contributed by atoms with Crippen molar-refractivity contribution in [3.63, 3.8) is 0 Å². The Kier molecular flexibility index (Phi) is 4.60. The number of carbonyl (C=O) groups excluding carboxylic acids is 1. The lowest BCUT2D eigenvalue weighted by Crippen LogP contribution is -2.46. The van der Waals surface area contributed by atoms with E-state index in [-0.39, 0.29) is 23.2 Å². The molecule has 3 rings (SSSR count). The third-order valence-corrected chi connectivity index (χ3v) is 6.20. The number of nitrogens with one attached hydrogen (secondary N) is 1. The lowest BCUT2D eigenvalue weighted by molar-refractivity contribution is 0.0915. The highest BCUT2D eigenvalue weighted by Crippen LogP contribution is 2.23. The monoisotopic (exact) mass is 362 g/mol. The van der Waals surface area contributed by atoms with E-state index in [1.165, 1.54) is 12.1 Å². The van der Waals surface area contributed by atoms with Crippen molar-refractivity contribution in [2.45, 2.75) is 25.3 Å². The number of aromatic nitrogens is 1. The molecule has 5 nitrogen and oxygen atoms in total. The summed E-state index contributed by atoms with van der Waals surface area (Å²) < 4.78 is 36.3. The van der Waals surface area contributed by atoms with E-state index in [2.05, 4.69) is 10.3 Å². The van der Waals surface area contributed by atoms with Crippen LogP contribution in [-0.4, -0.2) is 36.4 Å². The van der Waals surface area contributed by atoms with Crippen LogP contribution >= 0.6 is 0 Å². The number of rotatable bonds is 4. The first-order valence-corrected chi connectivity index (χ1v) is 9.79. The first-order chi connectivity index (χ1) is 11.7. The molecule has 1 aromatic heterocycles. The van der Waals surface area contributed by atoms with Gasteiger partial charge in [0, 0.05) is 23.9 Å². The zero-order valence-corrected chi connectivity index (χ0v) is 14.6. The Morgan fingerprint density at radius 1 is 1.28 bits per heavy atom. The van der Waals surface area contributed by atoms with Crippen molar-refractivity contribution in [1.82, 2.24) is 10.3 Å². The Morgan fingerprint density at radius 3 is 2.64 bits per heavy atom. The van der Waals surface area contributed by atoms with Crippen molar-refractivity contribution in [1.29, 1.82) is 0 Å². The van der Waals surface area contributed by atoms with Crippen LogP contribution in [0, 0.1) is 5.82 Å². The fraction of sp³-hybridized carbons (Fsp3) is 0.333. The number of hydrogen-bond acceptors (Lipinski definition) is 4. The highest BCUT2D eigenvalue weighted by Gasteiger charge is 2.39. The molecule has 1 fully saturated rings. The molecule has 0 radical (unpaired) electrons. The molecule has 2 heterocycles. The highest BCUT2D eigenvalue weighted by atomic mass is 32.2. The second-order valence-corrected chi connectivity index (χ2v) is 8.88. The lowest BCUT2D eigenvalue weighted by atomic mass is 10.0. The van der Waals surface area contributed by atoms with Crippen LogP contribution in [0.4, 0.5) is 4.39 Å². The standard InChI is InChI=1S/C18H19FN2O3S/c1-18(7-9-25(23,24)12-18)21-17(22)14-6-8-20-16(11-14)10-13-2-4-15(19)5-3-13/h2-6,8,11H,7,9-10,12H2,1H3,(H,21,22)/t18-/m1/s1. The first kappa shape index (κ1) is 17.5. The molecule has 0 bridgehead atoms. The Hall–Kier alpha value is -2.28. The van der Waals surface area contributed by atoms with Gasteiger partial charge in [-0.05, 0) is 43.2 Å². The van der Waals surface area contributed by atoms with E-state index in [9.17, 15) is 17.6 Å². The normalized spacial score (nSPS) is 21.8. The van der Waals surface area contributed by atoms with Crippen LogP contribution in [0.15, 0.2) is 42.6 Å². The molecule has 1 N–H and O–H groups in total. The molecule has 1 amide bonds. The van der Waals surface area contributed by atoms with Crippen LogP contribution in [0.5, 0.6) is 0 Å². The molecule has 1 aliphatic rings. The van der Waals surface area contributed by atoms with Gasteiger partial charge in [0.05, 0.1) is 17.0 Å². The van der Waals surface area contributed by atoms with Crippen LogP contribution in [0.3, 0.4) is 0 Å². The summed E-state index contributed by atoms with van der Waals surface area (Å²) in [5.41, 5.74) is 1.26. The van der Waals surface area contributed by atoms with Gasteiger partial charge < -0.3 is 5.32 Å². The van der Waals surface area contributed by atoms with Gasteiger partial charge in [0.2, 0.25) is 0 Å². The average Bonchev–Trinajstić information content (AvgIpc) is 2.83. The quantitative estimate of drug-likeness (QED) is 0.904. The molecular weight excluding hydrogens is 343 g/mol. The van der Waals surface area contributed by atoms with Crippen molar-refractivity contribution in [2.24, 2.45) is 0 Å². The van der Waals surface area contributed by atoms with Gasteiger partial charge in [-0.2, -0.15) is 0 Å². The van der Waals surface area contributed by atoms with Crippen molar-refractivity contribution in [3.05, 3.63) is 65.2 Å². The van der Waals surface area contributed by atoms with Gasteiger partial charge in [-0.3, -0.25) is 9.78 Å². The topological polar surface area (TPSA) is 76.1 Å². The second kappa shape index (κ2) is 6.55. The fourth-order valence-corrected chi connectivity index (χ4v) is 5.08. The van der Waals surface area contributed by atoms with Gasteiger partial charge in [-0.25, -0.2) is 12.8 Å². The van der Waals surface area contributed by atoms with Crippen LogP contribution in [0.25, 0.3) is 0 Å². The fourth-order valence-electron chi connectivity index (χ4n) is 2.98. The maximum absolute atomic E-state index is 13.0. The maximum atomic E-state index is 13.0. The molecule has 25 heavy (non-hydrogen) atoms. The molecule has 1 aromatic carbocycles. The summed E-state index contributed by atoms with van der Waals surface area (Å²) in [5.74, 6) is -0.568. The molecule has 1 saturated heterocycles. The number of nitrogens with zero attached hydrogens (tertiary/aromatic N) is 1. The van der Waals surface area contributed by atoms with Gasteiger partial charge in [0.25, 0.3) is 5.91 Å². The number of amides is 1. The molecule has 1 aliphatic heterocycles. The summed E-state index contributed by atoms with van der Waals surface area (Å²) in [6.07, 6.45) is 2.43. The number of halogens is 1. The van der Waals surface area contributed by atoms with E-state index < -0.39 is 15.4 Å². The Bertz CT molecular complexity index is 897. The van der Waals surface area contributed by atoms with Gasteiger partial charge in [0.15, 0.2) is 9.84 Å². The number of sulfone groups is 1. The van der Waals surface area contributed by atoms with Gasteiger partial charge in [-0.15, -0.1) is 0 Å². The third kappa shape index (κ3) is 4.42. The molecule has 0 spiro atoms. The molecule has 0 unspecified atom stereocenters. The van der Waals surface area contributed by atoms with Gasteiger partial charge in [-0.1, -0.05) is 12.1 Å². The van der Waals surface area contributed by atoms with Crippen molar-refractivity contribution in [2.75, 3.05) is 11.5 Å². The summed E-state index contributed by atoms with van der Waals surface area (Å²) in [5, 5.41) is 2.83. The summed E-state index contributed by atoms with van der Waals surface area (Å²) >= 11 is 0. The average molecular weight is 362 g/mol. The highest BCUT2D eigenvalue weighted by molar-refractivity contribution is 7.91. The Balaban J connectivity index is 1.72. The predicted molar refractivity (Wildman–Crippen MR) is 92.6 cm³/mol. The number of hydrogen-bond donors (Lipinski definition) is 1. The van der Waals surface area contributed by atoms with Crippen molar-refractivity contribution >= 4 is 15.7 Å². The van der Waals surface area contributed by atoms with Crippen molar-refractivity contribution < 1.29 is 17.6 Å². The molecule has 0 aliphatic carbocycles. The van der Waals surface area contributed by atoms with E-state index >= 15 is 0 Å². The van der Waals surface area contributed by atoms with E-state index in [1.54, 1.807) is 37.4 Å². The van der Waals surface area contributed by atoms with Crippen LogP contribution in [0.2, 0.25) is 0 Å². The number of carbonyl (C=O) groups is 1. The van der Waals surface area contributed by atoms with E-state index in [1.807, 2.05) is 0 Å². The summed E-state index contributed by atoms with van der Waals surface area (Å²) in [6.45, 7) is 1.75. The largest absolute Gasteiger partial charge is 0.346 e. The first-order valence-electron chi connectivity index (χ1n) is 7.97. The maximum Gasteiger partial charge on any atom is 0.251 e. The zero-order chi connectivity index (χ0) is 18.1. The molecular formula is C18H19FN2O3S. The summed E-state index contributed by atoms with van der Waals surface area (Å²) in [7, 11) is -3.09.